The zero-order valence-corrected chi connectivity index (χ0v) is 17.8. The highest BCUT2D eigenvalue weighted by Crippen LogP contribution is 2.23. The Morgan fingerprint density at radius 3 is 2.48 bits per heavy atom. The highest BCUT2D eigenvalue weighted by Gasteiger charge is 2.17. The van der Waals surface area contributed by atoms with Crippen LogP contribution in [-0.2, 0) is 10.0 Å². The number of sulfonamides is 1. The number of carbonyl (C=O) groups is 1. The summed E-state index contributed by atoms with van der Waals surface area (Å²) in [6.45, 7) is 3.77. The molecule has 2 N–H and O–H groups in total. The van der Waals surface area contributed by atoms with Gasteiger partial charge in [0, 0.05) is 12.2 Å². The number of benzene rings is 2. The summed E-state index contributed by atoms with van der Waals surface area (Å²) in [5, 5.41) is 3.15. The maximum atomic E-state index is 12.5. The van der Waals surface area contributed by atoms with E-state index in [2.05, 4.69) is 14.9 Å². The lowest BCUT2D eigenvalue weighted by Crippen LogP contribution is -2.33. The molecule has 2 aromatic carbocycles. The minimum atomic E-state index is -3.73. The number of nitrogens with zero attached hydrogens (tertiary/aromatic N) is 1. The average Bonchev–Trinajstić information content (AvgIpc) is 2.73. The summed E-state index contributed by atoms with van der Waals surface area (Å²) in [4.78, 5) is 15.1. The van der Waals surface area contributed by atoms with E-state index in [0.717, 1.165) is 26.1 Å². The van der Waals surface area contributed by atoms with Crippen molar-refractivity contribution >= 4 is 33.2 Å². The van der Waals surface area contributed by atoms with Crippen molar-refractivity contribution in [3.8, 4) is 0 Å². The Hall–Kier alpha value is -2.09. The SMILES string of the molecule is O=C(NCCCN1CCCCC1)c1cc(NS(=O)(=O)c2ccccc2)ccc1Cl. The first-order valence-electron chi connectivity index (χ1n) is 9.84. The predicted molar refractivity (Wildman–Crippen MR) is 116 cm³/mol. The molecule has 0 saturated carbocycles. The first-order chi connectivity index (χ1) is 14.0. The Kier molecular flexibility index (Phi) is 7.52. The molecule has 156 valence electrons. The molecule has 0 aromatic heterocycles. The second-order valence-electron chi connectivity index (χ2n) is 7.12. The summed E-state index contributed by atoms with van der Waals surface area (Å²) in [7, 11) is -3.73. The van der Waals surface area contributed by atoms with Crippen molar-refractivity contribution in [2.75, 3.05) is 30.9 Å². The fourth-order valence-corrected chi connectivity index (χ4v) is 4.63. The van der Waals surface area contributed by atoms with Crippen LogP contribution < -0.4 is 10.0 Å². The van der Waals surface area contributed by atoms with Gasteiger partial charge in [-0.15, -0.1) is 0 Å². The number of carbonyl (C=O) groups excluding carboxylic acids is 1. The van der Waals surface area contributed by atoms with E-state index < -0.39 is 10.0 Å². The third kappa shape index (κ3) is 6.19. The maximum absolute atomic E-state index is 12.5. The zero-order valence-electron chi connectivity index (χ0n) is 16.2. The normalized spacial score (nSPS) is 15.1. The van der Waals surface area contributed by atoms with Gasteiger partial charge >= 0.3 is 0 Å². The molecule has 0 radical (unpaired) electrons. The van der Waals surface area contributed by atoms with Crippen LogP contribution in [-0.4, -0.2) is 45.4 Å². The predicted octanol–water partition coefficient (Wildman–Crippen LogP) is 3.75. The zero-order chi connectivity index (χ0) is 20.7. The van der Waals surface area contributed by atoms with Crippen LogP contribution in [0.25, 0.3) is 0 Å². The second-order valence-corrected chi connectivity index (χ2v) is 9.21. The largest absolute Gasteiger partial charge is 0.352 e. The van der Waals surface area contributed by atoms with Crippen LogP contribution in [0.5, 0.6) is 0 Å². The third-order valence-corrected chi connectivity index (χ3v) is 6.63. The van der Waals surface area contributed by atoms with Gasteiger partial charge in [0.15, 0.2) is 0 Å². The second kappa shape index (κ2) is 10.1. The Balaban J connectivity index is 1.58. The molecule has 29 heavy (non-hydrogen) atoms. The van der Waals surface area contributed by atoms with Crippen molar-refractivity contribution < 1.29 is 13.2 Å². The van der Waals surface area contributed by atoms with Crippen molar-refractivity contribution in [3.05, 3.63) is 59.1 Å². The molecule has 6 nitrogen and oxygen atoms in total. The molecule has 0 atom stereocenters. The Morgan fingerprint density at radius 1 is 1.03 bits per heavy atom. The molecule has 0 bridgehead atoms. The van der Waals surface area contributed by atoms with E-state index in [1.54, 1.807) is 18.2 Å². The third-order valence-electron chi connectivity index (χ3n) is 4.90. The molecule has 1 heterocycles. The minimum Gasteiger partial charge on any atom is -0.352 e. The van der Waals surface area contributed by atoms with Crippen LogP contribution in [0.15, 0.2) is 53.4 Å². The standard InChI is InChI=1S/C21H26ClN3O3S/c22-20-11-10-17(24-29(27,28)18-8-3-1-4-9-18)16-19(20)21(26)23-12-7-15-25-13-5-2-6-14-25/h1,3-4,8-11,16,24H,2,5-7,12-15H2,(H,23,26). The van der Waals surface area contributed by atoms with Crippen LogP contribution in [0, 0.1) is 0 Å². The Bertz CT molecular complexity index is 929. The van der Waals surface area contributed by atoms with E-state index in [-0.39, 0.29) is 27.1 Å². The molecule has 1 saturated heterocycles. The maximum Gasteiger partial charge on any atom is 0.261 e. The number of rotatable bonds is 8. The minimum absolute atomic E-state index is 0.152. The van der Waals surface area contributed by atoms with Crippen LogP contribution in [0.3, 0.4) is 0 Å². The summed E-state index contributed by atoms with van der Waals surface area (Å²) in [5.41, 5.74) is 0.537. The lowest BCUT2D eigenvalue weighted by molar-refractivity contribution is 0.0951. The highest BCUT2D eigenvalue weighted by atomic mass is 35.5. The lowest BCUT2D eigenvalue weighted by Gasteiger charge is -2.26. The van der Waals surface area contributed by atoms with E-state index in [9.17, 15) is 13.2 Å². The van der Waals surface area contributed by atoms with E-state index >= 15 is 0 Å². The summed E-state index contributed by atoms with van der Waals surface area (Å²) >= 11 is 6.17. The number of anilines is 1. The number of likely N-dealkylation sites (tertiary alicyclic amines) is 1. The van der Waals surface area contributed by atoms with Gasteiger partial charge in [0.05, 0.1) is 15.5 Å². The first kappa shape index (κ1) is 21.6. The quantitative estimate of drug-likeness (QED) is 0.619. The molecule has 0 aliphatic carbocycles. The molecule has 1 amide bonds. The van der Waals surface area contributed by atoms with E-state index in [4.69, 9.17) is 11.6 Å². The smallest absolute Gasteiger partial charge is 0.261 e. The van der Waals surface area contributed by atoms with Gasteiger partial charge in [-0.05, 0) is 69.2 Å². The van der Waals surface area contributed by atoms with Gasteiger partial charge in [-0.25, -0.2) is 8.42 Å². The van der Waals surface area contributed by atoms with Crippen molar-refractivity contribution in [2.24, 2.45) is 0 Å². The molecule has 2 aromatic rings. The van der Waals surface area contributed by atoms with E-state index in [1.807, 2.05) is 0 Å². The van der Waals surface area contributed by atoms with Gasteiger partial charge in [-0.3, -0.25) is 9.52 Å². The topological polar surface area (TPSA) is 78.5 Å². The van der Waals surface area contributed by atoms with Crippen molar-refractivity contribution in [1.29, 1.82) is 0 Å². The fraction of sp³-hybridized carbons (Fsp3) is 0.381. The lowest BCUT2D eigenvalue weighted by atomic mass is 10.1. The van der Waals surface area contributed by atoms with Gasteiger partial charge < -0.3 is 10.2 Å². The van der Waals surface area contributed by atoms with Crippen LogP contribution in [0.4, 0.5) is 5.69 Å². The van der Waals surface area contributed by atoms with Gasteiger partial charge in [-0.1, -0.05) is 36.2 Å². The number of nitrogens with one attached hydrogen (secondary N) is 2. The molecule has 0 unspecified atom stereocenters. The number of hydrogen-bond acceptors (Lipinski definition) is 4. The molecule has 1 aliphatic heterocycles. The van der Waals surface area contributed by atoms with Gasteiger partial charge in [0.2, 0.25) is 0 Å². The molecule has 1 fully saturated rings. The fourth-order valence-electron chi connectivity index (χ4n) is 3.36. The Morgan fingerprint density at radius 2 is 1.76 bits per heavy atom. The average molecular weight is 436 g/mol. The molecule has 0 spiro atoms. The number of piperidine rings is 1. The summed E-state index contributed by atoms with van der Waals surface area (Å²) in [6, 6.07) is 12.6. The Labute approximate surface area is 177 Å². The molecular weight excluding hydrogens is 410 g/mol. The van der Waals surface area contributed by atoms with Gasteiger partial charge in [0.1, 0.15) is 0 Å². The monoisotopic (exact) mass is 435 g/mol. The van der Waals surface area contributed by atoms with Gasteiger partial charge in [-0.2, -0.15) is 0 Å². The van der Waals surface area contributed by atoms with E-state index in [1.165, 1.54) is 49.6 Å². The van der Waals surface area contributed by atoms with Crippen molar-refractivity contribution in [2.45, 2.75) is 30.6 Å². The van der Waals surface area contributed by atoms with Crippen molar-refractivity contribution in [3.63, 3.8) is 0 Å². The highest BCUT2D eigenvalue weighted by molar-refractivity contribution is 7.92. The van der Waals surface area contributed by atoms with Crippen LogP contribution >= 0.6 is 11.6 Å². The van der Waals surface area contributed by atoms with Crippen LogP contribution in [0.2, 0.25) is 5.02 Å². The molecule has 8 heteroatoms. The summed E-state index contributed by atoms with van der Waals surface area (Å²) in [5.74, 6) is -0.311. The van der Waals surface area contributed by atoms with E-state index in [0.29, 0.717) is 6.54 Å². The summed E-state index contributed by atoms with van der Waals surface area (Å²) < 4.78 is 27.5. The number of hydrogen-bond donors (Lipinski definition) is 2. The first-order valence-corrected chi connectivity index (χ1v) is 11.7. The number of amides is 1. The summed E-state index contributed by atoms with van der Waals surface area (Å²) in [6.07, 6.45) is 4.65. The molecule has 3 rings (SSSR count). The molecular formula is C21H26ClN3O3S. The van der Waals surface area contributed by atoms with Crippen LogP contribution in [0.1, 0.15) is 36.0 Å². The molecule has 1 aliphatic rings. The van der Waals surface area contributed by atoms with Gasteiger partial charge in [0.25, 0.3) is 15.9 Å². The van der Waals surface area contributed by atoms with Crippen molar-refractivity contribution in [1.82, 2.24) is 10.2 Å². The number of halogens is 1.